The normalized spacial score (nSPS) is 12.5. The molecule has 0 bridgehead atoms. The molecule has 0 aliphatic carbocycles. The Balaban J connectivity index is 2.41. The van der Waals surface area contributed by atoms with Gasteiger partial charge >= 0.3 is 0 Å². The fourth-order valence-electron chi connectivity index (χ4n) is 2.12. The number of hydrogen-bond donors (Lipinski definition) is 1. The zero-order valence-electron chi connectivity index (χ0n) is 14.1. The molecular weight excluding hydrogens is 306 g/mol. The average molecular weight is 325 g/mol. The highest BCUT2D eigenvalue weighted by atomic mass is 16.2. The van der Waals surface area contributed by atoms with Crippen molar-refractivity contribution in [2.75, 3.05) is 10.2 Å². The summed E-state index contributed by atoms with van der Waals surface area (Å²) in [5.41, 5.74) is -0.402. The third-order valence-corrected chi connectivity index (χ3v) is 4.17. The van der Waals surface area contributed by atoms with Gasteiger partial charge in [0.05, 0.1) is 11.6 Å². The molecule has 1 unspecified atom stereocenters. The van der Waals surface area contributed by atoms with Crippen LogP contribution in [-0.2, 0) is 4.79 Å². The lowest BCUT2D eigenvalue weighted by atomic mass is 9.87. The molecule has 1 amide bonds. The first kappa shape index (κ1) is 17.4. The van der Waals surface area contributed by atoms with E-state index in [0.29, 0.717) is 17.7 Å². The predicted octanol–water partition coefficient (Wildman–Crippen LogP) is 2.30. The summed E-state index contributed by atoms with van der Waals surface area (Å²) in [6, 6.07) is 8.11. The Hall–Kier alpha value is -2.94. The number of benzene rings is 1. The van der Waals surface area contributed by atoms with Gasteiger partial charge in [0.15, 0.2) is 0 Å². The summed E-state index contributed by atoms with van der Waals surface area (Å²) < 4.78 is 0. The van der Waals surface area contributed by atoms with Crippen molar-refractivity contribution in [3.05, 3.63) is 50.3 Å². The molecule has 0 radical (unpaired) electrons. The van der Waals surface area contributed by atoms with Gasteiger partial charge < -0.3 is 5.32 Å². The molecule has 24 heavy (non-hydrogen) atoms. The van der Waals surface area contributed by atoms with E-state index < -0.39 is 10.9 Å². The molecule has 0 spiro atoms. The maximum atomic E-state index is 12.0. The molecule has 0 heterocycles. The molecule has 2 aromatic rings. The zero-order valence-corrected chi connectivity index (χ0v) is 14.1. The topological polar surface area (TPSA) is 90.3 Å². The van der Waals surface area contributed by atoms with Gasteiger partial charge in [-0.1, -0.05) is 20.8 Å². The minimum atomic E-state index is -0.699. The van der Waals surface area contributed by atoms with E-state index in [9.17, 15) is 14.4 Å². The second kappa shape index (κ2) is 6.28. The summed E-state index contributed by atoms with van der Waals surface area (Å²) in [7, 11) is 0. The highest BCUT2D eigenvalue weighted by Crippen LogP contribution is 2.30. The van der Waals surface area contributed by atoms with Crippen molar-refractivity contribution in [2.45, 2.75) is 33.7 Å². The Morgan fingerprint density at radius 2 is 1.75 bits per heavy atom. The van der Waals surface area contributed by atoms with Gasteiger partial charge in [-0.05, 0) is 36.6 Å². The molecule has 0 aliphatic rings. The SMILES string of the molecule is CC(Nc1c(N(C=O)c2ccc(C#N)cc2)c(=O)c1=O)C(C)(C)C. The lowest BCUT2D eigenvalue weighted by molar-refractivity contribution is -0.106. The second-order valence-electron chi connectivity index (χ2n) is 6.75. The van der Waals surface area contributed by atoms with Crippen molar-refractivity contribution < 1.29 is 4.79 Å². The van der Waals surface area contributed by atoms with Crippen molar-refractivity contribution in [3.8, 4) is 6.07 Å². The van der Waals surface area contributed by atoms with Crippen LogP contribution in [0.25, 0.3) is 0 Å². The Morgan fingerprint density at radius 1 is 1.17 bits per heavy atom. The standard InChI is InChI=1S/C18H19N3O3/c1-11(18(2,3)4)20-14-15(17(24)16(14)23)21(10-22)13-7-5-12(9-19)6-8-13/h5-8,10-11,20H,1-4H3. The number of nitriles is 1. The summed E-state index contributed by atoms with van der Waals surface area (Å²) >= 11 is 0. The number of nitrogens with one attached hydrogen (secondary N) is 1. The maximum Gasteiger partial charge on any atom is 0.254 e. The zero-order chi connectivity index (χ0) is 18.1. The molecule has 1 N–H and O–H groups in total. The first-order valence-corrected chi connectivity index (χ1v) is 7.55. The van der Waals surface area contributed by atoms with E-state index in [-0.39, 0.29) is 22.8 Å². The predicted molar refractivity (Wildman–Crippen MR) is 93.3 cm³/mol. The van der Waals surface area contributed by atoms with Gasteiger partial charge in [-0.25, -0.2) is 0 Å². The van der Waals surface area contributed by atoms with Crippen LogP contribution in [0.2, 0.25) is 0 Å². The molecule has 6 nitrogen and oxygen atoms in total. The molecule has 0 saturated heterocycles. The van der Waals surface area contributed by atoms with Crippen molar-refractivity contribution >= 4 is 23.5 Å². The number of rotatable bonds is 5. The smallest absolute Gasteiger partial charge is 0.254 e. The fraction of sp³-hybridized carbons (Fsp3) is 0.333. The lowest BCUT2D eigenvalue weighted by Crippen LogP contribution is -2.44. The minimum Gasteiger partial charge on any atom is -0.377 e. The van der Waals surface area contributed by atoms with Crippen molar-refractivity contribution in [3.63, 3.8) is 0 Å². The van der Waals surface area contributed by atoms with Crippen molar-refractivity contribution in [1.82, 2.24) is 0 Å². The van der Waals surface area contributed by atoms with Crippen LogP contribution in [0.5, 0.6) is 0 Å². The number of amides is 1. The van der Waals surface area contributed by atoms with Gasteiger partial charge in [0.25, 0.3) is 10.9 Å². The van der Waals surface area contributed by atoms with Crippen LogP contribution in [0, 0.1) is 16.7 Å². The molecule has 1 atom stereocenters. The highest BCUT2D eigenvalue weighted by molar-refractivity contribution is 5.94. The van der Waals surface area contributed by atoms with Gasteiger partial charge in [0.2, 0.25) is 6.41 Å². The second-order valence-corrected chi connectivity index (χ2v) is 6.75. The summed E-state index contributed by atoms with van der Waals surface area (Å²) in [4.78, 5) is 36.6. The first-order valence-electron chi connectivity index (χ1n) is 7.55. The van der Waals surface area contributed by atoms with Crippen molar-refractivity contribution in [2.24, 2.45) is 5.41 Å². The quantitative estimate of drug-likeness (QED) is 0.673. The van der Waals surface area contributed by atoms with Gasteiger partial charge in [0, 0.05) is 11.7 Å². The summed E-state index contributed by atoms with van der Waals surface area (Å²) in [6.45, 7) is 7.93. The van der Waals surface area contributed by atoms with Gasteiger partial charge in [0.1, 0.15) is 11.4 Å². The van der Waals surface area contributed by atoms with Crippen molar-refractivity contribution in [1.29, 1.82) is 5.26 Å². The molecule has 124 valence electrons. The fourth-order valence-corrected chi connectivity index (χ4v) is 2.12. The van der Waals surface area contributed by atoms with E-state index in [0.717, 1.165) is 4.90 Å². The van der Waals surface area contributed by atoms with E-state index in [1.807, 2.05) is 33.8 Å². The van der Waals surface area contributed by atoms with Crippen LogP contribution >= 0.6 is 0 Å². The monoisotopic (exact) mass is 325 g/mol. The molecule has 2 aromatic carbocycles. The average Bonchev–Trinajstić information content (AvgIpc) is 2.56. The van der Waals surface area contributed by atoms with E-state index in [4.69, 9.17) is 5.26 Å². The number of anilines is 3. The van der Waals surface area contributed by atoms with E-state index in [1.165, 1.54) is 0 Å². The van der Waals surface area contributed by atoms with E-state index >= 15 is 0 Å². The number of nitrogens with zero attached hydrogens (tertiary/aromatic N) is 2. The molecule has 2 rings (SSSR count). The summed E-state index contributed by atoms with van der Waals surface area (Å²) in [5.74, 6) is 0. The Labute approximate surface area is 140 Å². The van der Waals surface area contributed by atoms with E-state index in [1.54, 1.807) is 24.3 Å². The van der Waals surface area contributed by atoms with Crippen LogP contribution in [0.4, 0.5) is 17.1 Å². The third kappa shape index (κ3) is 3.06. The molecule has 0 aromatic heterocycles. The van der Waals surface area contributed by atoms with Crippen LogP contribution in [-0.4, -0.2) is 12.5 Å². The maximum absolute atomic E-state index is 12.0. The van der Waals surface area contributed by atoms with Gasteiger partial charge in [-0.15, -0.1) is 0 Å². The number of carbonyl (C=O) groups is 1. The molecule has 0 aliphatic heterocycles. The molecule has 0 fully saturated rings. The Kier molecular flexibility index (Phi) is 4.56. The molecular formula is C18H19N3O3. The molecule has 6 heteroatoms. The Morgan fingerprint density at radius 3 is 2.21 bits per heavy atom. The summed E-state index contributed by atoms with van der Waals surface area (Å²) in [6.07, 6.45) is 0.491. The lowest BCUT2D eigenvalue weighted by Gasteiger charge is -2.31. The molecule has 0 saturated carbocycles. The van der Waals surface area contributed by atoms with Gasteiger partial charge in [-0.3, -0.25) is 19.3 Å². The van der Waals surface area contributed by atoms with Crippen LogP contribution < -0.4 is 21.1 Å². The van der Waals surface area contributed by atoms with Crippen LogP contribution in [0.15, 0.2) is 33.9 Å². The number of carbonyl (C=O) groups excluding carboxylic acids is 1. The van der Waals surface area contributed by atoms with E-state index in [2.05, 4.69) is 5.32 Å². The highest BCUT2D eigenvalue weighted by Gasteiger charge is 2.30. The minimum absolute atomic E-state index is 0.0378. The van der Waals surface area contributed by atoms with Gasteiger partial charge in [-0.2, -0.15) is 5.26 Å². The van der Waals surface area contributed by atoms with Crippen LogP contribution in [0.3, 0.4) is 0 Å². The summed E-state index contributed by atoms with van der Waals surface area (Å²) in [5, 5.41) is 11.9. The van der Waals surface area contributed by atoms with Crippen LogP contribution in [0.1, 0.15) is 33.3 Å². The number of hydrogen-bond acceptors (Lipinski definition) is 5. The third-order valence-electron chi connectivity index (χ3n) is 4.17. The largest absolute Gasteiger partial charge is 0.377 e. The first-order chi connectivity index (χ1) is 11.2. The Bertz CT molecular complexity index is 863.